The molecule has 4 heteroatoms. The van der Waals surface area contributed by atoms with E-state index in [0.717, 1.165) is 6.42 Å². The van der Waals surface area contributed by atoms with Crippen LogP contribution >= 0.6 is 0 Å². The molecule has 0 radical (unpaired) electrons. The van der Waals surface area contributed by atoms with Gasteiger partial charge in [-0.15, -0.1) is 0 Å². The predicted octanol–water partition coefficient (Wildman–Crippen LogP) is 1.56. The number of hydrogen-bond acceptors (Lipinski definition) is 3. The molecule has 1 amide bonds. The van der Waals surface area contributed by atoms with Crippen LogP contribution in [0.25, 0.3) is 0 Å². The summed E-state index contributed by atoms with van der Waals surface area (Å²) in [5, 5.41) is 2.82. The van der Waals surface area contributed by atoms with Crippen LogP contribution in [0.5, 0.6) is 5.75 Å². The van der Waals surface area contributed by atoms with E-state index < -0.39 is 0 Å². The molecule has 0 aliphatic heterocycles. The number of hydrogen-bond donors (Lipinski definition) is 2. The zero-order valence-corrected chi connectivity index (χ0v) is 9.69. The molecular weight excluding hydrogens is 204 g/mol. The third kappa shape index (κ3) is 4.21. The Labute approximate surface area is 95.8 Å². The molecule has 0 aliphatic rings. The summed E-state index contributed by atoms with van der Waals surface area (Å²) in [5.41, 5.74) is 6.21. The van der Waals surface area contributed by atoms with Gasteiger partial charge in [-0.05, 0) is 37.6 Å². The van der Waals surface area contributed by atoms with Crippen molar-refractivity contribution in [3.05, 3.63) is 24.3 Å². The van der Waals surface area contributed by atoms with Crippen molar-refractivity contribution in [2.45, 2.75) is 26.3 Å². The van der Waals surface area contributed by atoms with E-state index in [2.05, 4.69) is 5.32 Å². The highest BCUT2D eigenvalue weighted by Gasteiger charge is 2.05. The third-order valence-electron chi connectivity index (χ3n) is 2.27. The van der Waals surface area contributed by atoms with Crippen LogP contribution in [0.4, 0.5) is 5.69 Å². The monoisotopic (exact) mass is 222 g/mol. The Kier molecular flexibility index (Phi) is 4.64. The fraction of sp³-hybridized carbons (Fsp3) is 0.417. The standard InChI is InChI=1S/C12H18N2O2/c1-3-9(2)14-12(15)8-16-11-6-4-10(13)5-7-11/h4-7,9H,3,8,13H2,1-2H3,(H,14,15)/t9-/m1/s1. The lowest BCUT2D eigenvalue weighted by Gasteiger charge is -2.12. The summed E-state index contributed by atoms with van der Waals surface area (Å²) in [7, 11) is 0. The number of rotatable bonds is 5. The molecule has 88 valence electrons. The van der Waals surface area contributed by atoms with E-state index in [9.17, 15) is 4.79 Å². The summed E-state index contributed by atoms with van der Waals surface area (Å²) in [6.45, 7) is 4.02. The lowest BCUT2D eigenvalue weighted by molar-refractivity contribution is -0.123. The molecule has 0 spiro atoms. The fourth-order valence-corrected chi connectivity index (χ4v) is 1.13. The molecule has 0 bridgehead atoms. The maximum atomic E-state index is 11.4. The molecule has 0 aliphatic carbocycles. The summed E-state index contributed by atoms with van der Waals surface area (Å²) in [6, 6.07) is 7.14. The van der Waals surface area contributed by atoms with E-state index in [0.29, 0.717) is 11.4 Å². The van der Waals surface area contributed by atoms with Crippen molar-refractivity contribution in [2.75, 3.05) is 12.3 Å². The first-order valence-electron chi connectivity index (χ1n) is 5.39. The minimum atomic E-state index is -0.105. The molecule has 1 atom stereocenters. The maximum absolute atomic E-state index is 11.4. The van der Waals surface area contributed by atoms with Crippen LogP contribution in [0.2, 0.25) is 0 Å². The van der Waals surface area contributed by atoms with Gasteiger partial charge in [0.15, 0.2) is 6.61 Å². The van der Waals surface area contributed by atoms with Gasteiger partial charge in [-0.2, -0.15) is 0 Å². The second kappa shape index (κ2) is 6.00. The van der Waals surface area contributed by atoms with Crippen LogP contribution in [-0.4, -0.2) is 18.6 Å². The molecule has 4 nitrogen and oxygen atoms in total. The number of benzene rings is 1. The van der Waals surface area contributed by atoms with Crippen molar-refractivity contribution < 1.29 is 9.53 Å². The third-order valence-corrected chi connectivity index (χ3v) is 2.27. The van der Waals surface area contributed by atoms with Crippen molar-refractivity contribution in [1.82, 2.24) is 5.32 Å². The van der Waals surface area contributed by atoms with Crippen LogP contribution in [-0.2, 0) is 4.79 Å². The molecule has 1 rings (SSSR count). The lowest BCUT2D eigenvalue weighted by Crippen LogP contribution is -2.35. The topological polar surface area (TPSA) is 64.3 Å². The smallest absolute Gasteiger partial charge is 0.258 e. The van der Waals surface area contributed by atoms with Gasteiger partial charge >= 0.3 is 0 Å². The van der Waals surface area contributed by atoms with Gasteiger partial charge in [0, 0.05) is 11.7 Å². The van der Waals surface area contributed by atoms with Crippen LogP contribution in [0.1, 0.15) is 20.3 Å². The summed E-state index contributed by atoms with van der Waals surface area (Å²) in [4.78, 5) is 11.4. The first kappa shape index (κ1) is 12.4. The van der Waals surface area contributed by atoms with E-state index in [-0.39, 0.29) is 18.6 Å². The average molecular weight is 222 g/mol. The molecule has 0 saturated carbocycles. The molecular formula is C12H18N2O2. The van der Waals surface area contributed by atoms with Crippen molar-refractivity contribution in [3.63, 3.8) is 0 Å². The van der Waals surface area contributed by atoms with E-state index in [4.69, 9.17) is 10.5 Å². The van der Waals surface area contributed by atoms with Crippen molar-refractivity contribution in [3.8, 4) is 5.75 Å². The zero-order valence-electron chi connectivity index (χ0n) is 9.69. The number of anilines is 1. The number of carbonyl (C=O) groups excluding carboxylic acids is 1. The van der Waals surface area contributed by atoms with Gasteiger partial charge < -0.3 is 15.8 Å². The van der Waals surface area contributed by atoms with Crippen molar-refractivity contribution in [1.29, 1.82) is 0 Å². The molecule has 0 fully saturated rings. The lowest BCUT2D eigenvalue weighted by atomic mass is 10.2. The second-order valence-corrected chi connectivity index (χ2v) is 3.73. The average Bonchev–Trinajstić information content (AvgIpc) is 2.28. The minimum Gasteiger partial charge on any atom is -0.484 e. The Balaban J connectivity index is 2.34. The van der Waals surface area contributed by atoms with Gasteiger partial charge in [0.1, 0.15) is 5.75 Å². The quantitative estimate of drug-likeness (QED) is 0.743. The van der Waals surface area contributed by atoms with Gasteiger partial charge in [0.05, 0.1) is 0 Å². The van der Waals surface area contributed by atoms with Gasteiger partial charge in [0.25, 0.3) is 5.91 Å². The number of nitrogens with one attached hydrogen (secondary N) is 1. The van der Waals surface area contributed by atoms with Gasteiger partial charge in [0.2, 0.25) is 0 Å². The highest BCUT2D eigenvalue weighted by Crippen LogP contribution is 2.12. The van der Waals surface area contributed by atoms with Gasteiger partial charge in [-0.1, -0.05) is 6.92 Å². The number of nitrogen functional groups attached to an aromatic ring is 1. The highest BCUT2D eigenvalue weighted by atomic mass is 16.5. The summed E-state index contributed by atoms with van der Waals surface area (Å²) in [6.07, 6.45) is 0.910. The van der Waals surface area contributed by atoms with Gasteiger partial charge in [-0.3, -0.25) is 4.79 Å². The molecule has 1 aromatic carbocycles. The van der Waals surface area contributed by atoms with Crippen LogP contribution in [0.3, 0.4) is 0 Å². The summed E-state index contributed by atoms with van der Waals surface area (Å²) in [5.74, 6) is 0.541. The Morgan fingerprint density at radius 3 is 2.62 bits per heavy atom. The number of ether oxygens (including phenoxy) is 1. The number of carbonyl (C=O) groups is 1. The van der Waals surface area contributed by atoms with Crippen molar-refractivity contribution in [2.24, 2.45) is 0 Å². The zero-order chi connectivity index (χ0) is 12.0. The van der Waals surface area contributed by atoms with Gasteiger partial charge in [-0.25, -0.2) is 0 Å². The van der Waals surface area contributed by atoms with E-state index in [1.807, 2.05) is 13.8 Å². The highest BCUT2D eigenvalue weighted by molar-refractivity contribution is 5.77. The molecule has 16 heavy (non-hydrogen) atoms. The van der Waals surface area contributed by atoms with E-state index >= 15 is 0 Å². The molecule has 1 aromatic rings. The van der Waals surface area contributed by atoms with E-state index in [1.165, 1.54) is 0 Å². The first-order chi connectivity index (χ1) is 7.61. The molecule has 3 N–H and O–H groups in total. The molecule has 0 unspecified atom stereocenters. The number of amides is 1. The normalized spacial score (nSPS) is 11.9. The minimum absolute atomic E-state index is 0.0360. The fourth-order valence-electron chi connectivity index (χ4n) is 1.13. The second-order valence-electron chi connectivity index (χ2n) is 3.73. The Hall–Kier alpha value is -1.71. The Morgan fingerprint density at radius 2 is 2.06 bits per heavy atom. The molecule has 0 heterocycles. The Morgan fingerprint density at radius 1 is 1.44 bits per heavy atom. The van der Waals surface area contributed by atoms with Crippen LogP contribution in [0, 0.1) is 0 Å². The van der Waals surface area contributed by atoms with Crippen molar-refractivity contribution >= 4 is 11.6 Å². The Bertz CT molecular complexity index is 335. The summed E-state index contributed by atoms with van der Waals surface area (Å²) >= 11 is 0. The first-order valence-corrected chi connectivity index (χ1v) is 5.39. The molecule has 0 aromatic heterocycles. The van der Waals surface area contributed by atoms with E-state index in [1.54, 1.807) is 24.3 Å². The van der Waals surface area contributed by atoms with Crippen LogP contribution < -0.4 is 15.8 Å². The maximum Gasteiger partial charge on any atom is 0.258 e. The predicted molar refractivity (Wildman–Crippen MR) is 64.2 cm³/mol. The summed E-state index contributed by atoms with van der Waals surface area (Å²) < 4.78 is 5.30. The molecule has 0 saturated heterocycles. The SMILES string of the molecule is CC[C@@H](C)NC(=O)COc1ccc(N)cc1. The number of nitrogens with two attached hydrogens (primary N) is 1. The van der Waals surface area contributed by atoms with Crippen LogP contribution in [0.15, 0.2) is 24.3 Å². The largest absolute Gasteiger partial charge is 0.484 e.